The molecular weight excluding hydrogens is 377 g/mol. The number of benzene rings is 1. The van der Waals surface area contributed by atoms with Crippen molar-refractivity contribution < 1.29 is 22.8 Å². The number of hydrogen-bond acceptors (Lipinski definition) is 3. The first kappa shape index (κ1) is 19.4. The molecule has 0 spiro atoms. The molecular formula is C19H19F3N2O2S. The maximum absolute atomic E-state index is 12.8. The number of carbonyl (C=O) groups is 2. The van der Waals surface area contributed by atoms with Crippen LogP contribution in [0.5, 0.6) is 0 Å². The van der Waals surface area contributed by atoms with E-state index in [1.807, 2.05) is 0 Å². The number of nitrogens with one attached hydrogen (secondary N) is 1. The second kappa shape index (κ2) is 7.34. The number of rotatable bonds is 4. The minimum absolute atomic E-state index is 0.221. The maximum Gasteiger partial charge on any atom is 0.416 e. The molecule has 1 aromatic carbocycles. The third-order valence-corrected chi connectivity index (χ3v) is 5.80. The van der Waals surface area contributed by atoms with Crippen LogP contribution in [-0.2, 0) is 30.2 Å². The molecule has 2 amide bonds. The van der Waals surface area contributed by atoms with Crippen molar-refractivity contribution in [2.24, 2.45) is 11.7 Å². The Morgan fingerprint density at radius 2 is 2.07 bits per heavy atom. The van der Waals surface area contributed by atoms with Crippen molar-refractivity contribution in [3.8, 4) is 0 Å². The van der Waals surface area contributed by atoms with Crippen molar-refractivity contribution in [1.82, 2.24) is 0 Å². The van der Waals surface area contributed by atoms with E-state index in [2.05, 4.69) is 12.2 Å². The van der Waals surface area contributed by atoms with E-state index in [1.165, 1.54) is 23.5 Å². The number of nitrogens with two attached hydrogens (primary N) is 1. The lowest BCUT2D eigenvalue weighted by atomic mass is 9.88. The number of thiophene rings is 1. The summed E-state index contributed by atoms with van der Waals surface area (Å²) in [6, 6.07) is 4.65. The van der Waals surface area contributed by atoms with Gasteiger partial charge in [-0.3, -0.25) is 9.59 Å². The van der Waals surface area contributed by atoms with E-state index in [1.54, 1.807) is 0 Å². The summed E-state index contributed by atoms with van der Waals surface area (Å²) in [5.74, 6) is -0.592. The van der Waals surface area contributed by atoms with Crippen molar-refractivity contribution in [3.63, 3.8) is 0 Å². The molecule has 1 aromatic heterocycles. The summed E-state index contributed by atoms with van der Waals surface area (Å²) in [7, 11) is 0. The van der Waals surface area contributed by atoms with Crippen molar-refractivity contribution in [2.75, 3.05) is 5.32 Å². The highest BCUT2D eigenvalue weighted by atomic mass is 32.1. The first-order valence-electron chi connectivity index (χ1n) is 8.55. The summed E-state index contributed by atoms with van der Waals surface area (Å²) in [5.41, 5.74) is 6.17. The summed E-state index contributed by atoms with van der Waals surface area (Å²) < 4.78 is 38.4. The molecule has 0 fully saturated rings. The lowest BCUT2D eigenvalue weighted by Gasteiger charge is -2.18. The quantitative estimate of drug-likeness (QED) is 0.814. The summed E-state index contributed by atoms with van der Waals surface area (Å²) in [5, 5.41) is 3.06. The van der Waals surface area contributed by atoms with Gasteiger partial charge in [-0.2, -0.15) is 13.2 Å². The summed E-state index contributed by atoms with van der Waals surface area (Å²) in [6.07, 6.45) is -2.18. The molecule has 3 rings (SSSR count). The van der Waals surface area contributed by atoms with Crippen LogP contribution >= 0.6 is 11.3 Å². The monoisotopic (exact) mass is 396 g/mol. The number of carbonyl (C=O) groups excluding carboxylic acids is 2. The zero-order valence-electron chi connectivity index (χ0n) is 14.7. The van der Waals surface area contributed by atoms with E-state index in [4.69, 9.17) is 5.73 Å². The molecule has 0 radical (unpaired) electrons. The predicted octanol–water partition coefficient (Wildman–Crippen LogP) is 4.17. The second-order valence-corrected chi connectivity index (χ2v) is 7.95. The van der Waals surface area contributed by atoms with Crippen molar-refractivity contribution in [3.05, 3.63) is 51.4 Å². The first-order valence-corrected chi connectivity index (χ1v) is 9.37. The molecule has 2 aromatic rings. The van der Waals surface area contributed by atoms with E-state index in [9.17, 15) is 22.8 Å². The van der Waals surface area contributed by atoms with Gasteiger partial charge < -0.3 is 11.1 Å². The average molecular weight is 396 g/mol. The van der Waals surface area contributed by atoms with E-state index in [-0.39, 0.29) is 12.0 Å². The van der Waals surface area contributed by atoms with Gasteiger partial charge in [0.1, 0.15) is 5.00 Å². The minimum atomic E-state index is -4.46. The van der Waals surface area contributed by atoms with Crippen LogP contribution in [0.15, 0.2) is 24.3 Å². The molecule has 0 saturated heterocycles. The Morgan fingerprint density at radius 3 is 2.74 bits per heavy atom. The Bertz CT molecular complexity index is 890. The van der Waals surface area contributed by atoms with Gasteiger partial charge in [0.15, 0.2) is 0 Å². The number of anilines is 1. The van der Waals surface area contributed by atoms with Gasteiger partial charge in [0, 0.05) is 4.88 Å². The van der Waals surface area contributed by atoms with Crippen LogP contribution < -0.4 is 11.1 Å². The van der Waals surface area contributed by atoms with Gasteiger partial charge in [-0.25, -0.2) is 0 Å². The average Bonchev–Trinajstić information content (AvgIpc) is 2.90. The number of hydrogen-bond donors (Lipinski definition) is 2. The Labute approximate surface area is 158 Å². The number of alkyl halides is 3. The molecule has 8 heteroatoms. The molecule has 0 saturated carbocycles. The molecule has 1 atom stereocenters. The summed E-state index contributed by atoms with van der Waals surface area (Å²) >= 11 is 1.33. The SMILES string of the molecule is C[C@H]1CCc2c(sc(NC(=O)Cc3cccc(C(F)(F)F)c3)c2C(N)=O)C1. The number of amides is 2. The lowest BCUT2D eigenvalue weighted by molar-refractivity contribution is -0.137. The van der Waals surface area contributed by atoms with Crippen LogP contribution in [0.1, 0.15) is 45.3 Å². The third kappa shape index (κ3) is 4.32. The van der Waals surface area contributed by atoms with Gasteiger partial charge in [-0.15, -0.1) is 11.3 Å². The molecule has 27 heavy (non-hydrogen) atoms. The Kier molecular flexibility index (Phi) is 5.28. The fourth-order valence-electron chi connectivity index (χ4n) is 3.31. The van der Waals surface area contributed by atoms with Crippen LogP contribution in [0.4, 0.5) is 18.2 Å². The zero-order valence-corrected chi connectivity index (χ0v) is 15.5. The molecule has 1 aliphatic rings. The third-order valence-electron chi connectivity index (χ3n) is 4.63. The number of fused-ring (bicyclic) bond motifs is 1. The number of primary amides is 1. The van der Waals surface area contributed by atoms with E-state index in [0.29, 0.717) is 16.5 Å². The molecule has 0 unspecified atom stereocenters. The van der Waals surface area contributed by atoms with E-state index < -0.39 is 23.6 Å². The maximum atomic E-state index is 12.8. The Morgan fingerprint density at radius 1 is 1.33 bits per heavy atom. The van der Waals surface area contributed by atoms with Gasteiger partial charge in [-0.1, -0.05) is 25.1 Å². The van der Waals surface area contributed by atoms with Crippen LogP contribution in [0.2, 0.25) is 0 Å². The van der Waals surface area contributed by atoms with Crippen LogP contribution in [0, 0.1) is 5.92 Å². The van der Waals surface area contributed by atoms with Gasteiger partial charge >= 0.3 is 6.18 Å². The molecule has 4 nitrogen and oxygen atoms in total. The minimum Gasteiger partial charge on any atom is -0.365 e. The van der Waals surface area contributed by atoms with Gasteiger partial charge in [0.2, 0.25) is 5.91 Å². The highest BCUT2D eigenvalue weighted by molar-refractivity contribution is 7.17. The highest BCUT2D eigenvalue weighted by Gasteiger charge is 2.31. The van der Waals surface area contributed by atoms with Crippen molar-refractivity contribution in [2.45, 2.75) is 38.8 Å². The molecule has 0 aliphatic heterocycles. The first-order chi connectivity index (χ1) is 12.6. The smallest absolute Gasteiger partial charge is 0.365 e. The van der Waals surface area contributed by atoms with Crippen LogP contribution in [0.3, 0.4) is 0 Å². The van der Waals surface area contributed by atoms with Gasteiger partial charge in [-0.05, 0) is 42.4 Å². The zero-order chi connectivity index (χ0) is 19.8. The van der Waals surface area contributed by atoms with Crippen LogP contribution in [-0.4, -0.2) is 11.8 Å². The molecule has 0 bridgehead atoms. The summed E-state index contributed by atoms with van der Waals surface area (Å²) in [6.45, 7) is 2.12. The second-order valence-electron chi connectivity index (χ2n) is 6.84. The molecule has 3 N–H and O–H groups in total. The van der Waals surface area contributed by atoms with Crippen molar-refractivity contribution >= 4 is 28.2 Å². The van der Waals surface area contributed by atoms with Crippen LogP contribution in [0.25, 0.3) is 0 Å². The standard InChI is InChI=1S/C19H19F3N2O2S/c1-10-5-6-13-14(7-10)27-18(16(13)17(23)26)24-15(25)9-11-3-2-4-12(8-11)19(20,21)22/h2-4,8,10H,5-7,9H2,1H3,(H2,23,26)(H,24,25)/t10-/m0/s1. The number of halogens is 3. The predicted molar refractivity (Wildman–Crippen MR) is 97.8 cm³/mol. The van der Waals surface area contributed by atoms with E-state index in [0.717, 1.165) is 41.8 Å². The Hall–Kier alpha value is -2.35. The van der Waals surface area contributed by atoms with Gasteiger partial charge in [0.05, 0.1) is 17.5 Å². The molecule has 1 heterocycles. The topological polar surface area (TPSA) is 72.2 Å². The fraction of sp³-hybridized carbons (Fsp3) is 0.368. The highest BCUT2D eigenvalue weighted by Crippen LogP contribution is 2.39. The molecule has 144 valence electrons. The lowest BCUT2D eigenvalue weighted by Crippen LogP contribution is -2.20. The molecule has 1 aliphatic carbocycles. The largest absolute Gasteiger partial charge is 0.416 e. The Balaban J connectivity index is 1.80. The van der Waals surface area contributed by atoms with Crippen molar-refractivity contribution in [1.29, 1.82) is 0 Å². The summed E-state index contributed by atoms with van der Waals surface area (Å²) in [4.78, 5) is 25.3. The van der Waals surface area contributed by atoms with E-state index >= 15 is 0 Å². The van der Waals surface area contributed by atoms with Gasteiger partial charge in [0.25, 0.3) is 5.91 Å². The normalized spacial score (nSPS) is 16.7. The fourth-order valence-corrected chi connectivity index (χ4v) is 4.75.